The van der Waals surface area contributed by atoms with E-state index in [-0.39, 0.29) is 35.9 Å². The van der Waals surface area contributed by atoms with Crippen LogP contribution in [0.3, 0.4) is 0 Å². The van der Waals surface area contributed by atoms with Gasteiger partial charge in [0, 0.05) is 6.54 Å². The molecule has 30 heavy (non-hydrogen) atoms. The van der Waals surface area contributed by atoms with Crippen LogP contribution in [0.25, 0.3) is 0 Å². The number of imide groups is 1. The van der Waals surface area contributed by atoms with Crippen molar-refractivity contribution in [3.05, 3.63) is 29.8 Å². The highest BCUT2D eigenvalue weighted by molar-refractivity contribution is 7.91. The molecule has 8 heteroatoms. The number of benzene rings is 1. The van der Waals surface area contributed by atoms with Crippen molar-refractivity contribution in [1.82, 2.24) is 10.2 Å². The minimum absolute atomic E-state index is 0.0428. The molecule has 2 aliphatic rings. The molecule has 1 aliphatic heterocycles. The van der Waals surface area contributed by atoms with Crippen molar-refractivity contribution in [3.63, 3.8) is 0 Å². The SMILES string of the molecule is CC[C@@H](CS(=O)(=O)CCCCCN1CC(=O)NC1=O)c1cccc(OCC2CC2)c1. The Kier molecular flexibility index (Phi) is 7.75. The maximum absolute atomic E-state index is 12.6. The first-order valence-electron chi connectivity index (χ1n) is 10.9. The van der Waals surface area contributed by atoms with E-state index >= 15 is 0 Å². The summed E-state index contributed by atoms with van der Waals surface area (Å²) in [5.41, 5.74) is 1.01. The second kappa shape index (κ2) is 10.3. The lowest BCUT2D eigenvalue weighted by atomic mass is 9.98. The van der Waals surface area contributed by atoms with Gasteiger partial charge < -0.3 is 9.64 Å². The standard InChI is InChI=1S/C22H32N2O5S/c1-2-18(19-7-6-8-20(13-19)29-15-17-9-10-17)16-30(27,28)12-5-3-4-11-24-14-21(25)23-22(24)26/h6-8,13,17-18H,2-5,9-12,14-16H2,1H3,(H,23,25,26)/t18-/m0/s1. The predicted molar refractivity (Wildman–Crippen MR) is 115 cm³/mol. The van der Waals surface area contributed by atoms with Gasteiger partial charge in [0.15, 0.2) is 9.84 Å². The van der Waals surface area contributed by atoms with Crippen molar-refractivity contribution in [2.24, 2.45) is 5.92 Å². The molecule has 1 atom stereocenters. The molecule has 0 aromatic heterocycles. The number of carbonyl (C=O) groups excluding carboxylic acids is 2. The summed E-state index contributed by atoms with van der Waals surface area (Å²) in [4.78, 5) is 24.1. The number of carbonyl (C=O) groups is 2. The van der Waals surface area contributed by atoms with Crippen molar-refractivity contribution < 1.29 is 22.7 Å². The molecule has 3 rings (SSSR count). The van der Waals surface area contributed by atoms with Crippen molar-refractivity contribution in [2.45, 2.75) is 51.4 Å². The van der Waals surface area contributed by atoms with Crippen LogP contribution >= 0.6 is 0 Å². The van der Waals surface area contributed by atoms with Crippen LogP contribution in [0.15, 0.2) is 24.3 Å². The molecule has 0 radical (unpaired) electrons. The fourth-order valence-corrected chi connectivity index (χ4v) is 5.51. The van der Waals surface area contributed by atoms with Gasteiger partial charge >= 0.3 is 6.03 Å². The number of rotatable bonds is 13. The van der Waals surface area contributed by atoms with E-state index in [1.807, 2.05) is 31.2 Å². The Hall–Kier alpha value is -2.09. The number of amides is 3. The number of hydrogen-bond donors (Lipinski definition) is 1. The molecule has 1 aliphatic carbocycles. The zero-order valence-corrected chi connectivity index (χ0v) is 18.5. The Bertz CT molecular complexity index is 851. The number of sulfone groups is 1. The fourth-order valence-electron chi connectivity index (χ4n) is 3.66. The zero-order chi connectivity index (χ0) is 21.6. The second-order valence-corrected chi connectivity index (χ2v) is 10.6. The number of hydrogen-bond acceptors (Lipinski definition) is 5. The molecule has 0 spiro atoms. The maximum atomic E-state index is 12.6. The van der Waals surface area contributed by atoms with Gasteiger partial charge in [-0.05, 0) is 61.6 Å². The van der Waals surface area contributed by atoms with E-state index in [1.165, 1.54) is 17.7 Å². The Morgan fingerprint density at radius 1 is 1.20 bits per heavy atom. The Balaban J connectivity index is 1.43. The minimum Gasteiger partial charge on any atom is -0.493 e. The lowest BCUT2D eigenvalue weighted by Gasteiger charge is -2.17. The predicted octanol–water partition coefficient (Wildman–Crippen LogP) is 3.11. The smallest absolute Gasteiger partial charge is 0.324 e. The van der Waals surface area contributed by atoms with Gasteiger partial charge in [0.2, 0.25) is 5.91 Å². The molecule has 0 unspecified atom stereocenters. The molecule has 3 amide bonds. The zero-order valence-electron chi connectivity index (χ0n) is 17.6. The summed E-state index contributed by atoms with van der Waals surface area (Å²) in [5, 5.41) is 2.24. The molecule has 1 aromatic carbocycles. The first kappa shape index (κ1) is 22.6. The summed E-state index contributed by atoms with van der Waals surface area (Å²) >= 11 is 0. The van der Waals surface area contributed by atoms with Crippen LogP contribution in [0, 0.1) is 5.92 Å². The topological polar surface area (TPSA) is 92.8 Å². The normalized spacial score (nSPS) is 17.8. The lowest BCUT2D eigenvalue weighted by Crippen LogP contribution is -2.29. The van der Waals surface area contributed by atoms with Crippen molar-refractivity contribution in [3.8, 4) is 5.75 Å². The third kappa shape index (κ3) is 7.00. The molecule has 2 fully saturated rings. The van der Waals surface area contributed by atoms with E-state index in [9.17, 15) is 18.0 Å². The number of nitrogens with zero attached hydrogens (tertiary/aromatic N) is 1. The molecule has 1 N–H and O–H groups in total. The molecular weight excluding hydrogens is 404 g/mol. The van der Waals surface area contributed by atoms with Crippen LogP contribution in [-0.4, -0.2) is 56.5 Å². The molecule has 1 aromatic rings. The van der Waals surface area contributed by atoms with E-state index in [0.29, 0.717) is 31.7 Å². The lowest BCUT2D eigenvalue weighted by molar-refractivity contribution is -0.118. The molecule has 7 nitrogen and oxygen atoms in total. The molecule has 1 saturated heterocycles. The summed E-state index contributed by atoms with van der Waals surface area (Å²) in [5.74, 6) is 1.45. The summed E-state index contributed by atoms with van der Waals surface area (Å²) in [7, 11) is -3.18. The average Bonchev–Trinajstić information content (AvgIpc) is 3.48. The van der Waals surface area contributed by atoms with Crippen LogP contribution in [0.1, 0.15) is 56.9 Å². The molecule has 1 heterocycles. The van der Waals surface area contributed by atoms with Gasteiger partial charge in [0.1, 0.15) is 12.3 Å². The third-order valence-corrected chi connectivity index (χ3v) is 7.53. The number of ether oxygens (including phenoxy) is 1. The highest BCUT2D eigenvalue weighted by Crippen LogP contribution is 2.31. The summed E-state index contributed by atoms with van der Waals surface area (Å²) in [6.45, 7) is 3.33. The van der Waals surface area contributed by atoms with Gasteiger partial charge in [0.05, 0.1) is 18.1 Å². The van der Waals surface area contributed by atoms with Gasteiger partial charge in [0.25, 0.3) is 0 Å². The van der Waals surface area contributed by atoms with E-state index in [0.717, 1.165) is 24.3 Å². The van der Waals surface area contributed by atoms with E-state index in [2.05, 4.69) is 5.32 Å². The van der Waals surface area contributed by atoms with Crippen molar-refractivity contribution in [2.75, 3.05) is 31.2 Å². The monoisotopic (exact) mass is 436 g/mol. The summed E-state index contributed by atoms with van der Waals surface area (Å²) < 4.78 is 31.1. The Morgan fingerprint density at radius 3 is 2.67 bits per heavy atom. The first-order valence-corrected chi connectivity index (χ1v) is 12.7. The Labute approximate surface area is 179 Å². The highest BCUT2D eigenvalue weighted by atomic mass is 32.2. The second-order valence-electron chi connectivity index (χ2n) is 8.38. The molecule has 1 saturated carbocycles. The molecule has 0 bridgehead atoms. The minimum atomic E-state index is -3.18. The average molecular weight is 437 g/mol. The van der Waals surface area contributed by atoms with Crippen LogP contribution in [-0.2, 0) is 14.6 Å². The van der Waals surface area contributed by atoms with Crippen molar-refractivity contribution in [1.29, 1.82) is 0 Å². The quantitative estimate of drug-likeness (QED) is 0.379. The largest absolute Gasteiger partial charge is 0.493 e. The van der Waals surface area contributed by atoms with E-state index in [4.69, 9.17) is 4.74 Å². The van der Waals surface area contributed by atoms with Crippen LogP contribution in [0.4, 0.5) is 4.79 Å². The molecular formula is C22H32N2O5S. The van der Waals surface area contributed by atoms with E-state index < -0.39 is 9.84 Å². The van der Waals surface area contributed by atoms with Crippen LogP contribution in [0.2, 0.25) is 0 Å². The van der Waals surface area contributed by atoms with Crippen LogP contribution in [0.5, 0.6) is 5.75 Å². The first-order chi connectivity index (χ1) is 14.4. The van der Waals surface area contributed by atoms with Crippen LogP contribution < -0.4 is 10.1 Å². The molecule has 166 valence electrons. The van der Waals surface area contributed by atoms with Gasteiger partial charge in [-0.2, -0.15) is 0 Å². The maximum Gasteiger partial charge on any atom is 0.324 e. The number of unbranched alkanes of at least 4 members (excludes halogenated alkanes) is 2. The third-order valence-electron chi connectivity index (χ3n) is 5.71. The van der Waals surface area contributed by atoms with Gasteiger partial charge in [-0.25, -0.2) is 13.2 Å². The number of urea groups is 1. The highest BCUT2D eigenvalue weighted by Gasteiger charge is 2.26. The fraction of sp³-hybridized carbons (Fsp3) is 0.636. The van der Waals surface area contributed by atoms with Crippen molar-refractivity contribution >= 4 is 21.8 Å². The number of nitrogens with one attached hydrogen (secondary N) is 1. The van der Waals surface area contributed by atoms with E-state index in [1.54, 1.807) is 0 Å². The van der Waals surface area contributed by atoms with Gasteiger partial charge in [-0.15, -0.1) is 0 Å². The summed E-state index contributed by atoms with van der Waals surface area (Å²) in [6, 6.07) is 7.47. The van der Waals surface area contributed by atoms with Gasteiger partial charge in [-0.3, -0.25) is 10.1 Å². The Morgan fingerprint density at radius 2 is 2.00 bits per heavy atom. The summed E-state index contributed by atoms with van der Waals surface area (Å²) in [6.07, 6.45) is 5.18. The van der Waals surface area contributed by atoms with Gasteiger partial charge in [-0.1, -0.05) is 25.5 Å².